The van der Waals surface area contributed by atoms with Gasteiger partial charge in [0.15, 0.2) is 0 Å². The zero-order valence-corrected chi connectivity index (χ0v) is 8.72. The second kappa shape index (κ2) is 3.08. The van der Waals surface area contributed by atoms with Gasteiger partial charge in [-0.25, -0.2) is 4.79 Å². The Balaban J connectivity index is 2.75. The molecule has 2 aromatic rings. The van der Waals surface area contributed by atoms with Crippen LogP contribution in [0.1, 0.15) is 9.67 Å². The van der Waals surface area contributed by atoms with E-state index in [9.17, 15) is 4.79 Å². The number of hydrogen-bond acceptors (Lipinski definition) is 3. The Morgan fingerprint density at radius 3 is 3.00 bits per heavy atom. The molecule has 0 spiro atoms. The minimum atomic E-state index is -0.907. The second-order valence-electron chi connectivity index (χ2n) is 2.42. The number of carbonyl (C=O) groups is 1. The third-order valence-electron chi connectivity index (χ3n) is 1.57. The van der Waals surface area contributed by atoms with Crippen LogP contribution in [0.25, 0.3) is 10.2 Å². The Hall–Kier alpha value is -0.940. The summed E-state index contributed by atoms with van der Waals surface area (Å²) in [7, 11) is 0. The lowest BCUT2D eigenvalue weighted by Gasteiger charge is -1.89. The molecule has 0 amide bonds. The quantitative estimate of drug-likeness (QED) is 0.855. The van der Waals surface area contributed by atoms with E-state index in [1.165, 1.54) is 11.3 Å². The highest BCUT2D eigenvalue weighted by Crippen LogP contribution is 2.30. The van der Waals surface area contributed by atoms with Crippen LogP contribution in [0.4, 0.5) is 0 Å². The lowest BCUT2D eigenvalue weighted by Crippen LogP contribution is -1.89. The number of fused-ring (bicyclic) bond motifs is 1. The summed E-state index contributed by atoms with van der Waals surface area (Å²) in [4.78, 5) is 15.0. The zero-order valence-electron chi connectivity index (χ0n) is 6.32. The lowest BCUT2D eigenvalue weighted by molar-refractivity contribution is 0.0702. The number of aromatic nitrogens is 1. The molecular weight excluding hydrogens is 254 g/mol. The standard InChI is InChI=1S/C8H4BrNO2S/c9-4-1-2-10-5-3-6(8(11)12)13-7(4)5/h1-3H,(H,11,12). The number of pyridine rings is 1. The predicted molar refractivity (Wildman–Crippen MR) is 54.3 cm³/mol. The van der Waals surface area contributed by atoms with Crippen LogP contribution in [-0.4, -0.2) is 16.1 Å². The average molecular weight is 258 g/mol. The van der Waals surface area contributed by atoms with Crippen molar-refractivity contribution in [1.82, 2.24) is 4.98 Å². The molecule has 0 aromatic carbocycles. The third kappa shape index (κ3) is 1.45. The van der Waals surface area contributed by atoms with Crippen LogP contribution in [0.5, 0.6) is 0 Å². The largest absolute Gasteiger partial charge is 0.477 e. The fraction of sp³-hybridized carbons (Fsp3) is 0. The van der Waals surface area contributed by atoms with Gasteiger partial charge in [0.1, 0.15) is 4.88 Å². The van der Waals surface area contributed by atoms with Crippen LogP contribution in [-0.2, 0) is 0 Å². The second-order valence-corrected chi connectivity index (χ2v) is 4.33. The molecule has 0 aliphatic heterocycles. The molecule has 0 aliphatic carbocycles. The monoisotopic (exact) mass is 257 g/mol. The molecule has 2 aromatic heterocycles. The van der Waals surface area contributed by atoms with Crippen LogP contribution < -0.4 is 0 Å². The van der Waals surface area contributed by atoms with Crippen molar-refractivity contribution in [3.8, 4) is 0 Å². The number of nitrogens with zero attached hydrogens (tertiary/aromatic N) is 1. The molecular formula is C8H4BrNO2S. The van der Waals surface area contributed by atoms with Crippen LogP contribution >= 0.6 is 27.3 Å². The lowest BCUT2D eigenvalue weighted by atomic mass is 10.4. The minimum Gasteiger partial charge on any atom is -0.477 e. The molecule has 5 heteroatoms. The molecule has 0 aliphatic rings. The molecule has 0 unspecified atom stereocenters. The van der Waals surface area contributed by atoms with E-state index in [1.807, 2.05) is 0 Å². The average Bonchev–Trinajstić information content (AvgIpc) is 2.49. The van der Waals surface area contributed by atoms with Crippen molar-refractivity contribution in [1.29, 1.82) is 0 Å². The van der Waals surface area contributed by atoms with Gasteiger partial charge in [-0.05, 0) is 28.1 Å². The maximum Gasteiger partial charge on any atom is 0.345 e. The summed E-state index contributed by atoms with van der Waals surface area (Å²) in [6, 6.07) is 3.37. The van der Waals surface area contributed by atoms with Gasteiger partial charge in [0.05, 0.1) is 10.2 Å². The Morgan fingerprint density at radius 1 is 1.62 bits per heavy atom. The summed E-state index contributed by atoms with van der Waals surface area (Å²) in [5.74, 6) is -0.907. The van der Waals surface area contributed by atoms with E-state index in [2.05, 4.69) is 20.9 Å². The normalized spacial score (nSPS) is 10.5. The van der Waals surface area contributed by atoms with Gasteiger partial charge >= 0.3 is 5.97 Å². The van der Waals surface area contributed by atoms with E-state index in [-0.39, 0.29) is 0 Å². The molecule has 3 nitrogen and oxygen atoms in total. The number of thiophene rings is 1. The van der Waals surface area contributed by atoms with Crippen LogP contribution in [0, 0.1) is 0 Å². The van der Waals surface area contributed by atoms with Crippen molar-refractivity contribution in [2.24, 2.45) is 0 Å². The molecule has 13 heavy (non-hydrogen) atoms. The van der Waals surface area contributed by atoms with Crippen molar-refractivity contribution < 1.29 is 9.90 Å². The molecule has 0 saturated heterocycles. The van der Waals surface area contributed by atoms with Crippen molar-refractivity contribution >= 4 is 43.5 Å². The minimum absolute atomic E-state index is 0.314. The molecule has 66 valence electrons. The summed E-state index contributed by atoms with van der Waals surface area (Å²) in [5, 5.41) is 8.74. The van der Waals surface area contributed by atoms with E-state index >= 15 is 0 Å². The van der Waals surface area contributed by atoms with Crippen molar-refractivity contribution in [2.45, 2.75) is 0 Å². The van der Waals surface area contributed by atoms with Crippen molar-refractivity contribution in [3.63, 3.8) is 0 Å². The number of carboxylic acids is 1. The van der Waals surface area contributed by atoms with Gasteiger partial charge in [0.25, 0.3) is 0 Å². The van der Waals surface area contributed by atoms with E-state index in [0.29, 0.717) is 4.88 Å². The van der Waals surface area contributed by atoms with Crippen molar-refractivity contribution in [2.75, 3.05) is 0 Å². The van der Waals surface area contributed by atoms with E-state index in [4.69, 9.17) is 5.11 Å². The SMILES string of the molecule is O=C(O)c1cc2nccc(Br)c2s1. The first kappa shape index (κ1) is 8.65. The molecule has 0 atom stereocenters. The van der Waals surface area contributed by atoms with Gasteiger partial charge < -0.3 is 5.11 Å². The Morgan fingerprint density at radius 2 is 2.38 bits per heavy atom. The van der Waals surface area contributed by atoms with E-state index in [1.54, 1.807) is 18.3 Å². The zero-order chi connectivity index (χ0) is 9.42. The predicted octanol–water partition coefficient (Wildman–Crippen LogP) is 2.76. The number of hydrogen-bond donors (Lipinski definition) is 1. The first-order valence-corrected chi connectivity index (χ1v) is 5.07. The van der Waals surface area contributed by atoms with Crippen molar-refractivity contribution in [3.05, 3.63) is 27.7 Å². The number of aromatic carboxylic acids is 1. The Bertz CT molecular complexity index is 480. The molecule has 1 N–H and O–H groups in total. The van der Waals surface area contributed by atoms with Crippen LogP contribution in [0.3, 0.4) is 0 Å². The molecule has 2 heterocycles. The highest BCUT2D eigenvalue weighted by Gasteiger charge is 2.10. The van der Waals surface area contributed by atoms with Crippen LogP contribution in [0.15, 0.2) is 22.8 Å². The first-order valence-electron chi connectivity index (χ1n) is 3.46. The summed E-state index contributed by atoms with van der Waals surface area (Å²) in [5.41, 5.74) is 0.719. The number of halogens is 1. The summed E-state index contributed by atoms with van der Waals surface area (Å²) in [6.45, 7) is 0. The highest BCUT2D eigenvalue weighted by atomic mass is 79.9. The Kier molecular flexibility index (Phi) is 2.05. The smallest absolute Gasteiger partial charge is 0.345 e. The summed E-state index contributed by atoms with van der Waals surface area (Å²) in [6.07, 6.45) is 1.64. The van der Waals surface area contributed by atoms with E-state index in [0.717, 1.165) is 14.7 Å². The fourth-order valence-corrected chi connectivity index (χ4v) is 2.44. The van der Waals surface area contributed by atoms with E-state index < -0.39 is 5.97 Å². The molecule has 0 saturated carbocycles. The van der Waals surface area contributed by atoms with Crippen LogP contribution in [0.2, 0.25) is 0 Å². The maximum atomic E-state index is 10.6. The molecule has 0 radical (unpaired) electrons. The molecule has 0 fully saturated rings. The number of rotatable bonds is 1. The van der Waals surface area contributed by atoms with Gasteiger partial charge in [0, 0.05) is 10.7 Å². The third-order valence-corrected chi connectivity index (χ3v) is 3.64. The van der Waals surface area contributed by atoms with Gasteiger partial charge in [-0.2, -0.15) is 0 Å². The summed E-state index contributed by atoms with van der Waals surface area (Å²) < 4.78 is 1.76. The maximum absolute atomic E-state index is 10.6. The highest BCUT2D eigenvalue weighted by molar-refractivity contribution is 9.10. The van der Waals surface area contributed by atoms with Gasteiger partial charge in [-0.1, -0.05) is 0 Å². The fourth-order valence-electron chi connectivity index (χ4n) is 1.01. The Labute approximate surface area is 86.2 Å². The van der Waals surface area contributed by atoms with Gasteiger partial charge in [0.2, 0.25) is 0 Å². The topological polar surface area (TPSA) is 50.2 Å². The van der Waals surface area contributed by atoms with Gasteiger partial charge in [-0.3, -0.25) is 4.98 Å². The molecule has 0 bridgehead atoms. The molecule has 2 rings (SSSR count). The summed E-state index contributed by atoms with van der Waals surface area (Å²) >= 11 is 4.56. The van der Waals surface area contributed by atoms with Gasteiger partial charge in [-0.15, -0.1) is 11.3 Å². The first-order chi connectivity index (χ1) is 6.18. The number of carboxylic acid groups (broad SMARTS) is 1.